The number of halogens is 1. The number of aryl methyl sites for hydroxylation is 1. The van der Waals surface area contributed by atoms with E-state index in [0.29, 0.717) is 11.5 Å². The van der Waals surface area contributed by atoms with Crippen molar-refractivity contribution in [3.8, 4) is 0 Å². The summed E-state index contributed by atoms with van der Waals surface area (Å²) in [5.41, 5.74) is 0.404. The number of aromatic nitrogens is 2. The third-order valence-corrected chi connectivity index (χ3v) is 3.04. The van der Waals surface area contributed by atoms with Gasteiger partial charge in [0, 0.05) is 7.05 Å². The lowest BCUT2D eigenvalue weighted by Crippen LogP contribution is -2.05. The highest BCUT2D eigenvalue weighted by Crippen LogP contribution is 2.16. The molecule has 0 aliphatic heterocycles. The molecule has 1 aromatic rings. The molecule has 0 saturated carbocycles. The van der Waals surface area contributed by atoms with Gasteiger partial charge in [-0.1, -0.05) is 6.92 Å². The number of thioether (sulfide) groups is 1. The van der Waals surface area contributed by atoms with Crippen molar-refractivity contribution in [3.05, 3.63) is 17.3 Å². The average Bonchev–Trinajstić information content (AvgIpc) is 2.23. The molecule has 0 amide bonds. The van der Waals surface area contributed by atoms with E-state index in [1.807, 2.05) is 0 Å². The van der Waals surface area contributed by atoms with Crippen molar-refractivity contribution in [2.24, 2.45) is 0 Å². The standard InChI is InChI=1S/C10H16FN3S/c1-4-5-15-6-8-13-7(2)9(11)10(12-3)14-8/h4-6H2,1-3H3,(H,12,13,14). The van der Waals surface area contributed by atoms with Crippen LogP contribution in [0.1, 0.15) is 24.9 Å². The molecule has 1 aromatic heterocycles. The van der Waals surface area contributed by atoms with Gasteiger partial charge in [0.05, 0.1) is 11.4 Å². The van der Waals surface area contributed by atoms with Crippen molar-refractivity contribution in [1.29, 1.82) is 0 Å². The molecule has 84 valence electrons. The molecule has 1 rings (SSSR count). The van der Waals surface area contributed by atoms with Crippen LogP contribution in [0.4, 0.5) is 10.2 Å². The molecule has 0 aliphatic carbocycles. The second-order valence-electron chi connectivity index (χ2n) is 3.19. The minimum Gasteiger partial charge on any atom is -0.371 e. The second-order valence-corrected chi connectivity index (χ2v) is 4.30. The monoisotopic (exact) mass is 229 g/mol. The number of hydrogen-bond donors (Lipinski definition) is 1. The van der Waals surface area contributed by atoms with Crippen molar-refractivity contribution >= 4 is 17.6 Å². The minimum absolute atomic E-state index is 0.287. The van der Waals surface area contributed by atoms with Gasteiger partial charge in [-0.3, -0.25) is 0 Å². The van der Waals surface area contributed by atoms with Crippen LogP contribution in [0.3, 0.4) is 0 Å². The average molecular weight is 229 g/mol. The maximum atomic E-state index is 13.4. The summed E-state index contributed by atoms with van der Waals surface area (Å²) in [5.74, 6) is 2.44. The van der Waals surface area contributed by atoms with Crippen molar-refractivity contribution in [3.63, 3.8) is 0 Å². The van der Waals surface area contributed by atoms with Gasteiger partial charge < -0.3 is 5.32 Å². The van der Waals surface area contributed by atoms with Gasteiger partial charge in [0.15, 0.2) is 11.6 Å². The Morgan fingerprint density at radius 1 is 1.40 bits per heavy atom. The minimum atomic E-state index is -0.359. The molecule has 3 nitrogen and oxygen atoms in total. The van der Waals surface area contributed by atoms with Crippen LogP contribution < -0.4 is 5.32 Å². The van der Waals surface area contributed by atoms with Gasteiger partial charge in [0.1, 0.15) is 5.82 Å². The summed E-state index contributed by atoms with van der Waals surface area (Å²) in [7, 11) is 1.66. The Kier molecular flexibility index (Phi) is 4.81. The molecule has 0 unspecified atom stereocenters. The predicted octanol–water partition coefficient (Wildman–Crippen LogP) is 2.61. The van der Waals surface area contributed by atoms with Crippen molar-refractivity contribution in [2.45, 2.75) is 26.0 Å². The third kappa shape index (κ3) is 3.34. The van der Waals surface area contributed by atoms with Crippen molar-refractivity contribution in [1.82, 2.24) is 9.97 Å². The molecular weight excluding hydrogens is 213 g/mol. The lowest BCUT2D eigenvalue weighted by Gasteiger charge is -2.06. The van der Waals surface area contributed by atoms with Crippen LogP contribution >= 0.6 is 11.8 Å². The molecule has 1 heterocycles. The molecule has 0 bridgehead atoms. The number of nitrogens with zero attached hydrogens (tertiary/aromatic N) is 2. The molecule has 1 N–H and O–H groups in total. The summed E-state index contributed by atoms with van der Waals surface area (Å²) >= 11 is 1.76. The first-order chi connectivity index (χ1) is 7.19. The first-order valence-electron chi connectivity index (χ1n) is 4.97. The summed E-state index contributed by atoms with van der Waals surface area (Å²) in [5, 5.41) is 2.73. The van der Waals surface area contributed by atoms with Crippen LogP contribution in [0.25, 0.3) is 0 Å². The van der Waals surface area contributed by atoms with E-state index in [0.717, 1.165) is 17.9 Å². The zero-order valence-corrected chi connectivity index (χ0v) is 10.1. The predicted molar refractivity (Wildman–Crippen MR) is 62.7 cm³/mol. The van der Waals surface area contributed by atoms with E-state index in [1.165, 1.54) is 0 Å². The van der Waals surface area contributed by atoms with E-state index in [4.69, 9.17) is 0 Å². The molecule has 0 atom stereocenters. The molecule has 0 radical (unpaired) electrons. The maximum absolute atomic E-state index is 13.4. The van der Waals surface area contributed by atoms with Crippen LogP contribution in [-0.4, -0.2) is 22.8 Å². The number of nitrogens with one attached hydrogen (secondary N) is 1. The third-order valence-electron chi connectivity index (χ3n) is 1.88. The molecule has 0 spiro atoms. The van der Waals surface area contributed by atoms with E-state index < -0.39 is 0 Å². The Labute approximate surface area is 93.9 Å². The van der Waals surface area contributed by atoms with E-state index in [1.54, 1.807) is 25.7 Å². The summed E-state index contributed by atoms with van der Waals surface area (Å²) < 4.78 is 13.4. The summed E-state index contributed by atoms with van der Waals surface area (Å²) in [4.78, 5) is 8.21. The lowest BCUT2D eigenvalue weighted by molar-refractivity contribution is 0.603. The maximum Gasteiger partial charge on any atom is 0.186 e. The van der Waals surface area contributed by atoms with E-state index in [-0.39, 0.29) is 11.6 Å². The van der Waals surface area contributed by atoms with Gasteiger partial charge in [-0.25, -0.2) is 14.4 Å². The Morgan fingerprint density at radius 2 is 2.13 bits per heavy atom. The Balaban J connectivity index is 2.77. The zero-order valence-electron chi connectivity index (χ0n) is 9.30. The van der Waals surface area contributed by atoms with Crippen LogP contribution in [0.15, 0.2) is 0 Å². The Hall–Kier alpha value is -0.840. The Bertz CT molecular complexity index is 331. The lowest BCUT2D eigenvalue weighted by atomic mass is 10.4. The van der Waals surface area contributed by atoms with Crippen LogP contribution in [0, 0.1) is 12.7 Å². The van der Waals surface area contributed by atoms with Gasteiger partial charge in [-0.15, -0.1) is 0 Å². The van der Waals surface area contributed by atoms with Gasteiger partial charge in [0.25, 0.3) is 0 Å². The van der Waals surface area contributed by atoms with Gasteiger partial charge in [-0.2, -0.15) is 11.8 Å². The molecule has 15 heavy (non-hydrogen) atoms. The van der Waals surface area contributed by atoms with Crippen molar-refractivity contribution in [2.75, 3.05) is 18.1 Å². The largest absolute Gasteiger partial charge is 0.371 e. The molecule has 0 aromatic carbocycles. The van der Waals surface area contributed by atoms with Gasteiger partial charge in [-0.05, 0) is 19.1 Å². The van der Waals surface area contributed by atoms with E-state index in [2.05, 4.69) is 22.2 Å². The zero-order chi connectivity index (χ0) is 11.3. The van der Waals surface area contributed by atoms with Gasteiger partial charge in [0.2, 0.25) is 0 Å². The highest BCUT2D eigenvalue weighted by molar-refractivity contribution is 7.98. The van der Waals surface area contributed by atoms with Crippen LogP contribution in [0.5, 0.6) is 0 Å². The van der Waals surface area contributed by atoms with Crippen LogP contribution in [0.2, 0.25) is 0 Å². The smallest absolute Gasteiger partial charge is 0.186 e. The van der Waals surface area contributed by atoms with Gasteiger partial charge >= 0.3 is 0 Å². The molecule has 0 aliphatic rings. The van der Waals surface area contributed by atoms with Crippen molar-refractivity contribution < 1.29 is 4.39 Å². The first kappa shape index (κ1) is 12.2. The highest BCUT2D eigenvalue weighted by atomic mass is 32.2. The SMILES string of the molecule is CCCSCc1nc(C)c(F)c(NC)n1. The van der Waals surface area contributed by atoms with E-state index >= 15 is 0 Å². The molecule has 0 fully saturated rings. The highest BCUT2D eigenvalue weighted by Gasteiger charge is 2.09. The summed E-state index contributed by atoms with van der Waals surface area (Å²) in [6.07, 6.45) is 1.13. The topological polar surface area (TPSA) is 37.8 Å². The van der Waals surface area contributed by atoms with Crippen LogP contribution in [-0.2, 0) is 5.75 Å². The number of rotatable bonds is 5. The second kappa shape index (κ2) is 5.90. The quantitative estimate of drug-likeness (QED) is 0.788. The normalized spacial score (nSPS) is 10.4. The molecule has 5 heteroatoms. The fourth-order valence-corrected chi connectivity index (χ4v) is 1.90. The first-order valence-corrected chi connectivity index (χ1v) is 6.13. The number of anilines is 1. The Morgan fingerprint density at radius 3 is 2.73 bits per heavy atom. The molecule has 0 saturated heterocycles. The fourth-order valence-electron chi connectivity index (χ4n) is 1.16. The number of hydrogen-bond acceptors (Lipinski definition) is 4. The fraction of sp³-hybridized carbons (Fsp3) is 0.600. The summed E-state index contributed by atoms with van der Waals surface area (Å²) in [6, 6.07) is 0. The molecular formula is C10H16FN3S. The van der Waals surface area contributed by atoms with E-state index in [9.17, 15) is 4.39 Å². The summed E-state index contributed by atoms with van der Waals surface area (Å²) in [6.45, 7) is 3.79.